The molecule has 1 saturated heterocycles. The quantitative estimate of drug-likeness (QED) is 0.0497. The van der Waals surface area contributed by atoms with Gasteiger partial charge in [0.05, 0.1) is 31.2 Å². The number of hydrogen-bond donors (Lipinski definition) is 6. The second kappa shape index (κ2) is 19.9. The van der Waals surface area contributed by atoms with Gasteiger partial charge in [-0.15, -0.1) is 0 Å². The number of imide groups is 1. The fourth-order valence-corrected chi connectivity index (χ4v) is 5.81. The number of primary amides is 1. The smallest absolute Gasteiger partial charge is 0.312 e. The number of thiol groups is 1. The maximum absolute atomic E-state index is 13.7. The molecule has 3 rings (SSSR count). The molecule has 0 spiro atoms. The summed E-state index contributed by atoms with van der Waals surface area (Å²) in [6.07, 6.45) is 2.58. The number of amides is 8. The highest BCUT2D eigenvalue weighted by Crippen LogP contribution is 2.26. The summed E-state index contributed by atoms with van der Waals surface area (Å²) in [7, 11) is 0. The molecule has 0 saturated carbocycles. The second-order valence-electron chi connectivity index (χ2n) is 14.3. The first-order chi connectivity index (χ1) is 25.4. The van der Waals surface area contributed by atoms with Gasteiger partial charge in [0.2, 0.25) is 23.6 Å². The van der Waals surface area contributed by atoms with Crippen molar-refractivity contribution >= 4 is 65.8 Å². The molecule has 296 valence electrons. The summed E-state index contributed by atoms with van der Waals surface area (Å²) in [6, 6.07) is 1.87. The Morgan fingerprint density at radius 3 is 2.20 bits per heavy atom. The number of anilines is 1. The van der Waals surface area contributed by atoms with Crippen molar-refractivity contribution in [3.05, 3.63) is 42.0 Å². The minimum atomic E-state index is -1.13. The van der Waals surface area contributed by atoms with E-state index in [-0.39, 0.29) is 51.6 Å². The number of esters is 1. The number of nitrogens with one attached hydrogen (secondary N) is 4. The molecule has 0 bridgehead atoms. The summed E-state index contributed by atoms with van der Waals surface area (Å²) in [5, 5.41) is 10.6. The standard InChI is InChI=1S/C36H51N7O10S/c1-21(2)30(41-27(44)18-42-24(20-52-15-16-54)17-26(33(42)49)43-28(45)12-13-29(43)46)32(48)40-25(7-6-14-38-35(37)51)31(47)39-23-10-8-22(9-11-23)19-53-34(50)36(3,4)5/h8-13,21,24-26,30,54H,6-7,14-20H2,1-5H3,(H,39,47)(H,40,48)(H,41,44)(H3,37,38,51)/t24-,25-,26-,30-/m0/s1. The summed E-state index contributed by atoms with van der Waals surface area (Å²) in [6.45, 7) is 8.62. The van der Waals surface area contributed by atoms with Crippen LogP contribution < -0.4 is 27.0 Å². The molecular formula is C36H51N7O10S. The van der Waals surface area contributed by atoms with Crippen LogP contribution in [0.3, 0.4) is 0 Å². The number of hydrogen-bond acceptors (Lipinski definition) is 11. The van der Waals surface area contributed by atoms with Crippen molar-refractivity contribution < 1.29 is 47.8 Å². The van der Waals surface area contributed by atoms with Crippen LogP contribution in [0, 0.1) is 11.3 Å². The zero-order valence-corrected chi connectivity index (χ0v) is 32.1. The Labute approximate surface area is 319 Å². The number of ether oxygens (including phenoxy) is 2. The van der Waals surface area contributed by atoms with Crippen LogP contribution in [0.5, 0.6) is 0 Å². The molecule has 0 aliphatic carbocycles. The molecule has 8 amide bonds. The van der Waals surface area contributed by atoms with Crippen LogP contribution in [0.1, 0.15) is 59.4 Å². The predicted octanol–water partition coefficient (Wildman–Crippen LogP) is 0.629. The number of carbonyl (C=O) groups is 8. The number of nitrogens with zero attached hydrogens (tertiary/aromatic N) is 2. The molecule has 0 unspecified atom stereocenters. The first-order valence-corrected chi connectivity index (χ1v) is 18.3. The molecule has 0 aromatic heterocycles. The number of rotatable bonds is 19. The average Bonchev–Trinajstić information content (AvgIpc) is 3.59. The summed E-state index contributed by atoms with van der Waals surface area (Å²) < 4.78 is 10.9. The average molecular weight is 774 g/mol. The summed E-state index contributed by atoms with van der Waals surface area (Å²) >= 11 is 4.12. The van der Waals surface area contributed by atoms with E-state index in [1.807, 2.05) is 0 Å². The van der Waals surface area contributed by atoms with E-state index < -0.39 is 83.5 Å². The van der Waals surface area contributed by atoms with Gasteiger partial charge < -0.3 is 41.4 Å². The Bertz CT molecular complexity index is 1580. The van der Waals surface area contributed by atoms with Crippen LogP contribution in [-0.4, -0.2) is 113 Å². The molecule has 17 nitrogen and oxygen atoms in total. The molecule has 54 heavy (non-hydrogen) atoms. The van der Waals surface area contributed by atoms with Crippen LogP contribution in [0.4, 0.5) is 10.5 Å². The molecule has 2 heterocycles. The van der Waals surface area contributed by atoms with Gasteiger partial charge in [0.1, 0.15) is 24.7 Å². The number of urea groups is 1. The minimum Gasteiger partial charge on any atom is -0.460 e. The van der Waals surface area contributed by atoms with Crippen molar-refractivity contribution in [2.45, 2.75) is 84.7 Å². The van der Waals surface area contributed by atoms with Gasteiger partial charge in [-0.2, -0.15) is 12.6 Å². The van der Waals surface area contributed by atoms with Crippen molar-refractivity contribution in [2.75, 3.05) is 37.4 Å². The maximum atomic E-state index is 13.7. The summed E-state index contributed by atoms with van der Waals surface area (Å²) in [5.41, 5.74) is 5.61. The van der Waals surface area contributed by atoms with Gasteiger partial charge in [-0.05, 0) is 57.2 Å². The van der Waals surface area contributed by atoms with Gasteiger partial charge >= 0.3 is 12.0 Å². The van der Waals surface area contributed by atoms with Gasteiger partial charge in [0.25, 0.3) is 11.8 Å². The highest BCUT2D eigenvalue weighted by Gasteiger charge is 2.47. The van der Waals surface area contributed by atoms with Crippen LogP contribution in [-0.2, 0) is 49.6 Å². The number of nitrogens with two attached hydrogens (primary N) is 1. The molecule has 4 atom stereocenters. The lowest BCUT2D eigenvalue weighted by atomic mass is 9.97. The fourth-order valence-electron chi connectivity index (χ4n) is 5.68. The van der Waals surface area contributed by atoms with E-state index in [1.54, 1.807) is 58.9 Å². The third kappa shape index (κ3) is 12.6. The van der Waals surface area contributed by atoms with Crippen molar-refractivity contribution in [2.24, 2.45) is 17.1 Å². The van der Waals surface area contributed by atoms with E-state index >= 15 is 0 Å². The Kier molecular flexibility index (Phi) is 16.0. The first kappa shape index (κ1) is 43.4. The molecule has 18 heteroatoms. The molecule has 1 aromatic carbocycles. The molecule has 0 radical (unpaired) electrons. The molecule has 6 N–H and O–H groups in total. The van der Waals surface area contributed by atoms with E-state index in [9.17, 15) is 38.4 Å². The molecule has 1 aromatic rings. The monoisotopic (exact) mass is 773 g/mol. The van der Waals surface area contributed by atoms with Gasteiger partial charge in [-0.3, -0.25) is 38.5 Å². The van der Waals surface area contributed by atoms with E-state index in [0.29, 0.717) is 17.0 Å². The Balaban J connectivity index is 1.70. The molecule has 2 aliphatic rings. The predicted molar refractivity (Wildman–Crippen MR) is 199 cm³/mol. The van der Waals surface area contributed by atoms with Crippen LogP contribution in [0.15, 0.2) is 36.4 Å². The van der Waals surface area contributed by atoms with Crippen LogP contribution >= 0.6 is 12.6 Å². The van der Waals surface area contributed by atoms with E-state index in [4.69, 9.17) is 15.2 Å². The topological polar surface area (TPSA) is 236 Å². The van der Waals surface area contributed by atoms with E-state index in [1.165, 1.54) is 4.90 Å². The molecular weight excluding hydrogens is 723 g/mol. The van der Waals surface area contributed by atoms with Gasteiger partial charge in [0.15, 0.2) is 0 Å². The largest absolute Gasteiger partial charge is 0.460 e. The Hall–Kier alpha value is -4.97. The van der Waals surface area contributed by atoms with Crippen molar-refractivity contribution in [1.29, 1.82) is 0 Å². The highest BCUT2D eigenvalue weighted by molar-refractivity contribution is 7.80. The van der Waals surface area contributed by atoms with Gasteiger partial charge in [-0.25, -0.2) is 4.79 Å². The zero-order chi connectivity index (χ0) is 40.2. The van der Waals surface area contributed by atoms with Crippen molar-refractivity contribution in [3.8, 4) is 0 Å². The number of benzene rings is 1. The van der Waals surface area contributed by atoms with Gasteiger partial charge in [0, 0.05) is 36.6 Å². The SMILES string of the molecule is CC(C)[C@H](NC(=O)CN1C(=O)[C@@H](N2C(=O)C=CC2=O)C[C@H]1COCCS)C(=O)N[C@@H](CCCNC(N)=O)C(=O)Nc1ccc(COC(=O)C(C)(C)C)cc1. The third-order valence-corrected chi connectivity index (χ3v) is 8.77. The van der Waals surface area contributed by atoms with Crippen molar-refractivity contribution in [3.63, 3.8) is 0 Å². The molecule has 2 aliphatic heterocycles. The highest BCUT2D eigenvalue weighted by atomic mass is 32.1. The summed E-state index contributed by atoms with van der Waals surface area (Å²) in [4.78, 5) is 104. The first-order valence-electron chi connectivity index (χ1n) is 17.7. The number of carbonyl (C=O) groups excluding carboxylic acids is 8. The number of likely N-dealkylation sites (tertiary alicyclic amines) is 1. The van der Waals surface area contributed by atoms with E-state index in [0.717, 1.165) is 17.1 Å². The second-order valence-corrected chi connectivity index (χ2v) is 14.8. The van der Waals surface area contributed by atoms with Crippen molar-refractivity contribution in [1.82, 2.24) is 25.8 Å². The zero-order valence-electron chi connectivity index (χ0n) is 31.2. The van der Waals surface area contributed by atoms with Crippen LogP contribution in [0.25, 0.3) is 0 Å². The Morgan fingerprint density at radius 2 is 1.63 bits per heavy atom. The van der Waals surface area contributed by atoms with Gasteiger partial charge in [-0.1, -0.05) is 26.0 Å². The van der Waals surface area contributed by atoms with E-state index in [2.05, 4.69) is 33.9 Å². The Morgan fingerprint density at radius 1 is 0.981 bits per heavy atom. The maximum Gasteiger partial charge on any atom is 0.312 e. The summed E-state index contributed by atoms with van der Waals surface area (Å²) in [5.74, 6) is -4.20. The normalized spacial score (nSPS) is 18.1. The molecule has 1 fully saturated rings. The fraction of sp³-hybridized carbons (Fsp3) is 0.556. The minimum absolute atomic E-state index is 0.0304. The third-order valence-electron chi connectivity index (χ3n) is 8.59. The lowest BCUT2D eigenvalue weighted by Gasteiger charge is -2.28. The van der Waals surface area contributed by atoms with Crippen LogP contribution in [0.2, 0.25) is 0 Å². The lowest BCUT2D eigenvalue weighted by molar-refractivity contribution is -0.154. The lowest BCUT2D eigenvalue weighted by Crippen LogP contribution is -2.56.